The third-order valence-corrected chi connectivity index (χ3v) is 6.92. The van der Waals surface area contributed by atoms with Gasteiger partial charge in [-0.2, -0.15) is 11.3 Å². The fraction of sp³-hybridized carbons (Fsp3) is 0.429. The molecule has 0 unspecified atom stereocenters. The second-order valence-electron chi connectivity index (χ2n) is 7.99. The molecule has 6 nitrogen and oxygen atoms in total. The number of carbonyl (C=O) groups is 1. The maximum Gasteiger partial charge on any atom is 0.274 e. The van der Waals surface area contributed by atoms with Gasteiger partial charge in [0, 0.05) is 43.2 Å². The van der Waals surface area contributed by atoms with E-state index in [2.05, 4.69) is 36.3 Å². The van der Waals surface area contributed by atoms with Gasteiger partial charge in [0.05, 0.1) is 23.8 Å². The van der Waals surface area contributed by atoms with E-state index < -0.39 is 0 Å². The number of rotatable bonds is 2. The smallest absolute Gasteiger partial charge is 0.274 e. The standard InChI is InChI=1S/C21H23N5OS/c1-15-10-23-17(11-22-15)20(27)25-7-5-21(6-8-25)4-2-19-24-12-18(26(19)14-21)16-3-9-28-13-16/h3,9-13H,2,4-8,14H2,1H3. The summed E-state index contributed by atoms with van der Waals surface area (Å²) in [6.45, 7) is 4.45. The van der Waals surface area contributed by atoms with Crippen LogP contribution in [-0.4, -0.2) is 43.4 Å². The second kappa shape index (κ2) is 6.81. The van der Waals surface area contributed by atoms with Gasteiger partial charge in [-0.05, 0) is 43.0 Å². The first kappa shape index (κ1) is 17.6. The molecule has 5 rings (SSSR count). The second-order valence-corrected chi connectivity index (χ2v) is 8.77. The lowest BCUT2D eigenvalue weighted by Crippen LogP contribution is -2.46. The maximum atomic E-state index is 12.8. The average Bonchev–Trinajstić information content (AvgIpc) is 3.38. The number of nitrogens with zero attached hydrogens (tertiary/aromatic N) is 5. The van der Waals surface area contributed by atoms with Crippen LogP contribution in [0.1, 0.15) is 41.3 Å². The van der Waals surface area contributed by atoms with Crippen molar-refractivity contribution in [1.82, 2.24) is 24.4 Å². The van der Waals surface area contributed by atoms with Gasteiger partial charge in [-0.25, -0.2) is 9.97 Å². The molecule has 1 amide bonds. The average molecular weight is 394 g/mol. The number of carbonyl (C=O) groups excluding carboxylic acids is 1. The van der Waals surface area contributed by atoms with Gasteiger partial charge in [0.15, 0.2) is 0 Å². The summed E-state index contributed by atoms with van der Waals surface area (Å²) in [7, 11) is 0. The van der Waals surface area contributed by atoms with Crippen LogP contribution in [0.5, 0.6) is 0 Å². The van der Waals surface area contributed by atoms with Crippen molar-refractivity contribution in [3.05, 3.63) is 52.6 Å². The van der Waals surface area contributed by atoms with Crippen LogP contribution in [0.2, 0.25) is 0 Å². The molecule has 144 valence electrons. The number of hydrogen-bond acceptors (Lipinski definition) is 5. The summed E-state index contributed by atoms with van der Waals surface area (Å²) in [5.74, 6) is 1.20. The number of fused-ring (bicyclic) bond motifs is 1. The quantitative estimate of drug-likeness (QED) is 0.668. The van der Waals surface area contributed by atoms with E-state index in [1.54, 1.807) is 23.7 Å². The summed E-state index contributed by atoms with van der Waals surface area (Å²) in [5, 5.41) is 4.31. The molecule has 1 fully saturated rings. The van der Waals surface area contributed by atoms with Gasteiger partial charge in [-0.15, -0.1) is 0 Å². The molecule has 5 heterocycles. The van der Waals surface area contributed by atoms with E-state index in [0.29, 0.717) is 5.69 Å². The predicted octanol–water partition coefficient (Wildman–Crippen LogP) is 3.58. The SMILES string of the molecule is Cc1cnc(C(=O)N2CCC3(CCc4ncc(-c5ccsc5)n4C3)CC2)cn1. The Bertz CT molecular complexity index is 984. The van der Waals surface area contributed by atoms with Crippen molar-refractivity contribution in [2.45, 2.75) is 39.2 Å². The molecule has 3 aromatic heterocycles. The topological polar surface area (TPSA) is 63.9 Å². The van der Waals surface area contributed by atoms with Gasteiger partial charge in [0.1, 0.15) is 11.5 Å². The molecule has 2 aliphatic heterocycles. The first-order chi connectivity index (χ1) is 13.6. The van der Waals surface area contributed by atoms with Crippen molar-refractivity contribution in [2.75, 3.05) is 13.1 Å². The molecule has 0 N–H and O–H groups in total. The molecule has 0 radical (unpaired) electrons. The highest BCUT2D eigenvalue weighted by molar-refractivity contribution is 7.08. The van der Waals surface area contributed by atoms with Crippen molar-refractivity contribution in [2.24, 2.45) is 5.41 Å². The fourth-order valence-corrected chi connectivity index (χ4v) is 5.13. The summed E-state index contributed by atoms with van der Waals surface area (Å²) in [5.41, 5.74) is 4.01. The lowest BCUT2D eigenvalue weighted by atomic mass is 9.73. The number of piperidine rings is 1. The Hall–Kier alpha value is -2.54. The van der Waals surface area contributed by atoms with Gasteiger partial charge >= 0.3 is 0 Å². The Balaban J connectivity index is 1.31. The van der Waals surface area contributed by atoms with Crippen LogP contribution < -0.4 is 0 Å². The lowest BCUT2D eigenvalue weighted by molar-refractivity contribution is 0.0466. The number of hydrogen-bond donors (Lipinski definition) is 0. The minimum absolute atomic E-state index is 0.000409. The first-order valence-corrected chi connectivity index (χ1v) is 10.7. The highest BCUT2D eigenvalue weighted by Gasteiger charge is 2.40. The van der Waals surface area contributed by atoms with Crippen LogP contribution in [-0.2, 0) is 13.0 Å². The molecular formula is C21H23N5OS. The van der Waals surface area contributed by atoms with E-state index in [1.165, 1.54) is 17.1 Å². The largest absolute Gasteiger partial charge is 0.337 e. The molecule has 1 saturated heterocycles. The fourth-order valence-electron chi connectivity index (χ4n) is 4.48. The van der Waals surface area contributed by atoms with Crippen LogP contribution >= 0.6 is 11.3 Å². The minimum atomic E-state index is 0.000409. The Labute approximate surface area is 168 Å². The summed E-state index contributed by atoms with van der Waals surface area (Å²) in [6.07, 6.45) is 9.49. The van der Waals surface area contributed by atoms with Crippen LogP contribution in [0.15, 0.2) is 35.4 Å². The number of aryl methyl sites for hydroxylation is 2. The van der Waals surface area contributed by atoms with Crippen LogP contribution in [0.3, 0.4) is 0 Å². The van der Waals surface area contributed by atoms with E-state index in [1.807, 2.05) is 18.0 Å². The zero-order valence-electron chi connectivity index (χ0n) is 16.0. The molecule has 0 aliphatic carbocycles. The lowest BCUT2D eigenvalue weighted by Gasteiger charge is -2.44. The van der Waals surface area contributed by atoms with Gasteiger partial charge in [0.2, 0.25) is 0 Å². The minimum Gasteiger partial charge on any atom is -0.337 e. The van der Waals surface area contributed by atoms with Crippen molar-refractivity contribution in [1.29, 1.82) is 0 Å². The van der Waals surface area contributed by atoms with Crippen molar-refractivity contribution >= 4 is 17.2 Å². The number of aromatic nitrogens is 4. The van der Waals surface area contributed by atoms with E-state index in [4.69, 9.17) is 0 Å². The highest BCUT2D eigenvalue weighted by atomic mass is 32.1. The molecule has 0 atom stereocenters. The van der Waals surface area contributed by atoms with Crippen molar-refractivity contribution < 1.29 is 4.79 Å². The van der Waals surface area contributed by atoms with Gasteiger partial charge < -0.3 is 9.47 Å². The molecule has 7 heteroatoms. The molecule has 0 bridgehead atoms. The Kier molecular flexibility index (Phi) is 4.27. The van der Waals surface area contributed by atoms with Crippen molar-refractivity contribution in [3.63, 3.8) is 0 Å². The van der Waals surface area contributed by atoms with Gasteiger partial charge in [0.25, 0.3) is 5.91 Å². The molecule has 1 spiro atoms. The maximum absolute atomic E-state index is 12.8. The van der Waals surface area contributed by atoms with Crippen LogP contribution in [0, 0.1) is 12.3 Å². The number of thiophene rings is 1. The van der Waals surface area contributed by atoms with Gasteiger partial charge in [-0.3, -0.25) is 9.78 Å². The monoisotopic (exact) mass is 393 g/mol. The van der Waals surface area contributed by atoms with E-state index in [-0.39, 0.29) is 11.3 Å². The zero-order valence-corrected chi connectivity index (χ0v) is 16.8. The first-order valence-electron chi connectivity index (χ1n) is 9.78. The Morgan fingerprint density at radius 1 is 1.11 bits per heavy atom. The normalized spacial score (nSPS) is 18.2. The van der Waals surface area contributed by atoms with E-state index >= 15 is 0 Å². The number of imidazole rings is 1. The van der Waals surface area contributed by atoms with Gasteiger partial charge in [-0.1, -0.05) is 0 Å². The highest BCUT2D eigenvalue weighted by Crippen LogP contribution is 2.42. The molecule has 0 aromatic carbocycles. The molecular weight excluding hydrogens is 370 g/mol. The molecule has 28 heavy (non-hydrogen) atoms. The Morgan fingerprint density at radius 2 is 1.96 bits per heavy atom. The Morgan fingerprint density at radius 3 is 2.68 bits per heavy atom. The third-order valence-electron chi connectivity index (χ3n) is 6.24. The van der Waals surface area contributed by atoms with E-state index in [9.17, 15) is 4.79 Å². The summed E-state index contributed by atoms with van der Waals surface area (Å²) in [6, 6.07) is 2.17. The summed E-state index contributed by atoms with van der Waals surface area (Å²) >= 11 is 1.72. The number of likely N-dealkylation sites (tertiary alicyclic amines) is 1. The summed E-state index contributed by atoms with van der Waals surface area (Å²) in [4.78, 5) is 27.8. The molecule has 3 aromatic rings. The summed E-state index contributed by atoms with van der Waals surface area (Å²) < 4.78 is 2.41. The number of amides is 1. The van der Waals surface area contributed by atoms with Crippen LogP contribution in [0.4, 0.5) is 0 Å². The predicted molar refractivity (Wildman–Crippen MR) is 108 cm³/mol. The van der Waals surface area contributed by atoms with Crippen LogP contribution in [0.25, 0.3) is 11.3 Å². The third kappa shape index (κ3) is 3.03. The van der Waals surface area contributed by atoms with Crippen molar-refractivity contribution in [3.8, 4) is 11.3 Å². The molecule has 0 saturated carbocycles. The van der Waals surface area contributed by atoms with E-state index in [0.717, 1.165) is 51.0 Å². The zero-order chi connectivity index (χ0) is 19.1. The molecule has 2 aliphatic rings.